The third-order valence-corrected chi connectivity index (χ3v) is 2.43. The van der Waals surface area contributed by atoms with Crippen LogP contribution in [0.25, 0.3) is 0 Å². The SMILES string of the molecule is CCC(C)(C)C#CCCOS(C)(=O)=O. The van der Waals surface area contributed by atoms with E-state index in [0.29, 0.717) is 6.42 Å². The fourth-order valence-corrected chi connectivity index (χ4v) is 1.02. The van der Waals surface area contributed by atoms with Crippen LogP contribution in [0.3, 0.4) is 0 Å². The average Bonchev–Trinajstić information content (AvgIpc) is 2.01. The second-order valence-corrected chi connectivity index (χ2v) is 5.46. The van der Waals surface area contributed by atoms with Crippen molar-refractivity contribution in [2.75, 3.05) is 12.9 Å². The summed E-state index contributed by atoms with van der Waals surface area (Å²) in [4.78, 5) is 0. The average molecular weight is 218 g/mol. The van der Waals surface area contributed by atoms with E-state index in [1.807, 2.05) is 0 Å². The van der Waals surface area contributed by atoms with Gasteiger partial charge in [0, 0.05) is 11.8 Å². The van der Waals surface area contributed by atoms with Gasteiger partial charge in [-0.1, -0.05) is 12.8 Å². The molecule has 0 aromatic carbocycles. The Morgan fingerprint density at radius 1 is 1.36 bits per heavy atom. The van der Waals surface area contributed by atoms with E-state index in [1.165, 1.54) is 0 Å². The third kappa shape index (κ3) is 8.09. The van der Waals surface area contributed by atoms with Gasteiger partial charge in [0.1, 0.15) is 0 Å². The molecule has 0 rings (SSSR count). The van der Waals surface area contributed by atoms with E-state index in [1.54, 1.807) is 0 Å². The summed E-state index contributed by atoms with van der Waals surface area (Å²) >= 11 is 0. The van der Waals surface area contributed by atoms with E-state index < -0.39 is 10.1 Å². The molecule has 0 radical (unpaired) electrons. The minimum atomic E-state index is -3.31. The molecule has 0 saturated carbocycles. The minimum absolute atomic E-state index is 0.00505. The zero-order valence-corrected chi connectivity index (χ0v) is 10.1. The summed E-state index contributed by atoms with van der Waals surface area (Å²) in [7, 11) is -3.31. The van der Waals surface area contributed by atoms with Crippen molar-refractivity contribution >= 4 is 10.1 Å². The summed E-state index contributed by atoms with van der Waals surface area (Å²) in [5.74, 6) is 5.98. The summed E-state index contributed by atoms with van der Waals surface area (Å²) < 4.78 is 25.7. The van der Waals surface area contributed by atoms with Crippen LogP contribution in [0.15, 0.2) is 0 Å². The van der Waals surface area contributed by atoms with Gasteiger partial charge in [-0.25, -0.2) is 0 Å². The van der Waals surface area contributed by atoms with Gasteiger partial charge in [0.05, 0.1) is 12.9 Å². The van der Waals surface area contributed by atoms with E-state index in [9.17, 15) is 8.42 Å². The summed E-state index contributed by atoms with van der Waals surface area (Å²) in [6.45, 7) is 6.32. The van der Waals surface area contributed by atoms with Crippen LogP contribution in [-0.4, -0.2) is 21.3 Å². The standard InChI is InChI=1S/C10H18O3S/c1-5-10(2,3)8-6-7-9-13-14(4,11)12/h5,7,9H2,1-4H3. The molecular weight excluding hydrogens is 200 g/mol. The predicted molar refractivity (Wildman–Crippen MR) is 57.3 cm³/mol. The summed E-state index contributed by atoms with van der Waals surface area (Å²) in [6.07, 6.45) is 2.47. The van der Waals surface area contributed by atoms with Gasteiger partial charge in [-0.15, -0.1) is 5.92 Å². The highest BCUT2D eigenvalue weighted by molar-refractivity contribution is 7.85. The molecule has 4 heteroatoms. The Morgan fingerprint density at radius 3 is 2.36 bits per heavy atom. The maximum Gasteiger partial charge on any atom is 0.264 e. The van der Waals surface area contributed by atoms with E-state index in [0.717, 1.165) is 12.7 Å². The van der Waals surface area contributed by atoms with Crippen LogP contribution >= 0.6 is 0 Å². The molecular formula is C10H18O3S. The van der Waals surface area contributed by atoms with Crippen molar-refractivity contribution in [2.24, 2.45) is 5.41 Å². The summed E-state index contributed by atoms with van der Waals surface area (Å²) in [5.41, 5.74) is 0.00505. The Bertz CT molecular complexity index is 317. The smallest absolute Gasteiger partial charge is 0.264 e. The monoisotopic (exact) mass is 218 g/mol. The summed E-state index contributed by atoms with van der Waals surface area (Å²) in [6, 6.07) is 0. The molecule has 0 atom stereocenters. The van der Waals surface area contributed by atoms with Gasteiger partial charge in [0.25, 0.3) is 10.1 Å². The molecule has 0 N–H and O–H groups in total. The quantitative estimate of drug-likeness (QED) is 0.410. The molecule has 0 aliphatic carbocycles. The van der Waals surface area contributed by atoms with Crippen molar-refractivity contribution in [2.45, 2.75) is 33.6 Å². The van der Waals surface area contributed by atoms with Crippen LogP contribution in [-0.2, 0) is 14.3 Å². The van der Waals surface area contributed by atoms with E-state index >= 15 is 0 Å². The topological polar surface area (TPSA) is 43.4 Å². The van der Waals surface area contributed by atoms with Gasteiger partial charge in [0.2, 0.25) is 0 Å². The predicted octanol–water partition coefficient (Wildman–Crippen LogP) is 1.79. The lowest BCUT2D eigenvalue weighted by Crippen LogP contribution is -2.06. The van der Waals surface area contributed by atoms with Gasteiger partial charge in [-0.2, -0.15) is 8.42 Å². The molecule has 0 saturated heterocycles. The highest BCUT2D eigenvalue weighted by atomic mass is 32.2. The first-order valence-electron chi connectivity index (χ1n) is 4.61. The number of hydrogen-bond acceptors (Lipinski definition) is 3. The molecule has 0 aliphatic rings. The molecule has 0 aromatic rings. The fraction of sp³-hybridized carbons (Fsp3) is 0.800. The number of rotatable bonds is 4. The van der Waals surface area contributed by atoms with Crippen LogP contribution < -0.4 is 0 Å². The maximum atomic E-state index is 10.6. The fourth-order valence-electron chi connectivity index (χ4n) is 0.634. The Hall–Kier alpha value is -0.530. The molecule has 0 heterocycles. The van der Waals surface area contributed by atoms with Gasteiger partial charge in [-0.3, -0.25) is 4.18 Å². The van der Waals surface area contributed by atoms with Crippen molar-refractivity contribution < 1.29 is 12.6 Å². The Labute approximate surface area is 87.0 Å². The first-order valence-corrected chi connectivity index (χ1v) is 6.43. The molecule has 0 fully saturated rings. The van der Waals surface area contributed by atoms with E-state index in [-0.39, 0.29) is 12.0 Å². The Kier molecular flexibility index (Phi) is 5.17. The normalized spacial score (nSPS) is 12.0. The highest BCUT2D eigenvalue weighted by Gasteiger charge is 2.09. The van der Waals surface area contributed by atoms with Crippen molar-refractivity contribution in [1.29, 1.82) is 0 Å². The highest BCUT2D eigenvalue weighted by Crippen LogP contribution is 2.17. The van der Waals surface area contributed by atoms with Crippen molar-refractivity contribution in [3.05, 3.63) is 0 Å². The van der Waals surface area contributed by atoms with Crippen LogP contribution in [0, 0.1) is 17.3 Å². The van der Waals surface area contributed by atoms with Crippen molar-refractivity contribution in [1.82, 2.24) is 0 Å². The maximum absolute atomic E-state index is 10.6. The second kappa shape index (κ2) is 5.38. The van der Waals surface area contributed by atoms with E-state index in [4.69, 9.17) is 0 Å². The first-order chi connectivity index (χ1) is 6.27. The molecule has 0 amide bonds. The van der Waals surface area contributed by atoms with E-state index in [2.05, 4.69) is 36.8 Å². The Morgan fingerprint density at radius 2 is 1.93 bits per heavy atom. The lowest BCUT2D eigenvalue weighted by Gasteiger charge is -2.12. The molecule has 14 heavy (non-hydrogen) atoms. The van der Waals surface area contributed by atoms with Gasteiger partial charge in [0.15, 0.2) is 0 Å². The molecule has 0 bridgehead atoms. The molecule has 0 aromatic heterocycles. The molecule has 0 spiro atoms. The molecule has 0 aliphatic heterocycles. The summed E-state index contributed by atoms with van der Waals surface area (Å²) in [5, 5.41) is 0. The van der Waals surface area contributed by atoms with Crippen LogP contribution in [0.5, 0.6) is 0 Å². The van der Waals surface area contributed by atoms with Gasteiger partial charge >= 0.3 is 0 Å². The molecule has 0 unspecified atom stereocenters. The van der Waals surface area contributed by atoms with Crippen molar-refractivity contribution in [3.63, 3.8) is 0 Å². The van der Waals surface area contributed by atoms with Crippen LogP contribution in [0.4, 0.5) is 0 Å². The lowest BCUT2D eigenvalue weighted by atomic mass is 9.91. The Balaban J connectivity index is 3.85. The minimum Gasteiger partial charge on any atom is -0.269 e. The molecule has 82 valence electrons. The van der Waals surface area contributed by atoms with Gasteiger partial charge < -0.3 is 0 Å². The largest absolute Gasteiger partial charge is 0.269 e. The zero-order valence-electron chi connectivity index (χ0n) is 9.25. The molecule has 3 nitrogen and oxygen atoms in total. The lowest BCUT2D eigenvalue weighted by molar-refractivity contribution is 0.330. The van der Waals surface area contributed by atoms with Gasteiger partial charge in [-0.05, 0) is 20.3 Å². The third-order valence-electron chi connectivity index (χ3n) is 1.84. The zero-order chi connectivity index (χ0) is 11.2. The van der Waals surface area contributed by atoms with Crippen molar-refractivity contribution in [3.8, 4) is 11.8 Å². The van der Waals surface area contributed by atoms with Crippen LogP contribution in [0.2, 0.25) is 0 Å². The second-order valence-electron chi connectivity index (χ2n) is 3.82. The first kappa shape index (κ1) is 13.5. The number of hydrogen-bond donors (Lipinski definition) is 0. The van der Waals surface area contributed by atoms with Crippen LogP contribution in [0.1, 0.15) is 33.6 Å².